The molecule has 0 saturated heterocycles. The number of nitrogens with one attached hydrogen (secondary N) is 1. The molecule has 134 valence electrons. The lowest BCUT2D eigenvalue weighted by molar-refractivity contribution is -0.142. The quantitative estimate of drug-likeness (QED) is 0.425. The van der Waals surface area contributed by atoms with Crippen LogP contribution >= 0.6 is 11.3 Å². The summed E-state index contributed by atoms with van der Waals surface area (Å²) in [6, 6.07) is 5.02. The molecule has 7 nitrogen and oxygen atoms in total. The van der Waals surface area contributed by atoms with E-state index in [1.165, 1.54) is 17.6 Å². The number of anilines is 1. The van der Waals surface area contributed by atoms with E-state index in [9.17, 15) is 9.90 Å². The summed E-state index contributed by atoms with van der Waals surface area (Å²) < 4.78 is 10.4. The Labute approximate surface area is 150 Å². The van der Waals surface area contributed by atoms with Gasteiger partial charge in [0.15, 0.2) is 0 Å². The van der Waals surface area contributed by atoms with E-state index in [1.54, 1.807) is 30.5 Å². The number of hydrogen-bond acceptors (Lipinski definition) is 8. The number of carbonyl (C=O) groups is 1. The van der Waals surface area contributed by atoms with E-state index >= 15 is 0 Å². The monoisotopic (exact) mass is 363 g/mol. The fraction of sp³-hybridized carbons (Fsp3) is 0.353. The van der Waals surface area contributed by atoms with E-state index in [0.29, 0.717) is 28.7 Å². The maximum atomic E-state index is 11.4. The summed E-state index contributed by atoms with van der Waals surface area (Å²) in [5, 5.41) is 16.4. The van der Waals surface area contributed by atoms with Gasteiger partial charge in [-0.1, -0.05) is 0 Å². The highest BCUT2D eigenvalue weighted by atomic mass is 32.1. The lowest BCUT2D eigenvalue weighted by atomic mass is 10.2. The largest absolute Gasteiger partial charge is 0.507 e. The predicted octanol–water partition coefficient (Wildman–Crippen LogP) is 3.19. The molecule has 1 aromatic carbocycles. The molecule has 0 fully saturated rings. The van der Waals surface area contributed by atoms with Gasteiger partial charge < -0.3 is 14.6 Å². The predicted molar refractivity (Wildman–Crippen MR) is 97.5 cm³/mol. The average Bonchev–Trinajstić information content (AvgIpc) is 2.96. The van der Waals surface area contributed by atoms with Crippen molar-refractivity contribution in [1.82, 2.24) is 4.98 Å². The Kier molecular flexibility index (Phi) is 6.76. The molecular weight excluding hydrogens is 342 g/mol. The maximum Gasteiger partial charge on any atom is 0.311 e. The summed E-state index contributed by atoms with van der Waals surface area (Å²) in [4.78, 5) is 15.7. The van der Waals surface area contributed by atoms with Crippen molar-refractivity contribution in [1.29, 1.82) is 0 Å². The SMILES string of the molecule is CCOC(=O)Cc1csc(NN=Cc2ccc(OC(C)C)cc2O)n1. The molecule has 0 bridgehead atoms. The number of esters is 1. The average molecular weight is 363 g/mol. The summed E-state index contributed by atoms with van der Waals surface area (Å²) in [6.07, 6.45) is 1.66. The molecule has 0 aliphatic rings. The van der Waals surface area contributed by atoms with Gasteiger partial charge in [0.1, 0.15) is 11.5 Å². The van der Waals surface area contributed by atoms with Gasteiger partial charge in [0, 0.05) is 17.0 Å². The normalized spacial score (nSPS) is 11.0. The first-order chi connectivity index (χ1) is 12.0. The molecule has 25 heavy (non-hydrogen) atoms. The molecular formula is C17H21N3O4S. The van der Waals surface area contributed by atoms with E-state index < -0.39 is 0 Å². The Balaban J connectivity index is 1.92. The van der Waals surface area contributed by atoms with Crippen LogP contribution in [0, 0.1) is 0 Å². The highest BCUT2D eigenvalue weighted by Gasteiger charge is 2.08. The van der Waals surface area contributed by atoms with Crippen molar-refractivity contribution >= 4 is 28.7 Å². The second-order valence-corrected chi connectivity index (χ2v) is 6.24. The fourth-order valence-electron chi connectivity index (χ4n) is 1.93. The van der Waals surface area contributed by atoms with Gasteiger partial charge in [-0.05, 0) is 32.9 Å². The van der Waals surface area contributed by atoms with Gasteiger partial charge in [-0.3, -0.25) is 10.2 Å². The van der Waals surface area contributed by atoms with Crippen LogP contribution in [0.2, 0.25) is 0 Å². The topological polar surface area (TPSA) is 93.0 Å². The van der Waals surface area contributed by atoms with Crippen molar-refractivity contribution < 1.29 is 19.4 Å². The third-order valence-electron chi connectivity index (χ3n) is 2.92. The van der Waals surface area contributed by atoms with Crippen LogP contribution in [0.1, 0.15) is 32.0 Å². The van der Waals surface area contributed by atoms with Crippen LogP contribution in [0.5, 0.6) is 11.5 Å². The number of benzene rings is 1. The fourth-order valence-corrected chi connectivity index (χ4v) is 2.59. The van der Waals surface area contributed by atoms with E-state index in [0.717, 1.165) is 0 Å². The van der Waals surface area contributed by atoms with Crippen molar-refractivity contribution in [3.63, 3.8) is 0 Å². The molecule has 2 aromatic rings. The number of thiazole rings is 1. The standard InChI is InChI=1S/C17H21N3O4S/c1-4-23-16(22)7-13-10-25-17(19-13)20-18-9-12-5-6-14(8-15(12)21)24-11(2)3/h5-6,8-11,21H,4,7H2,1-3H3,(H,19,20). The van der Waals surface area contributed by atoms with E-state index in [2.05, 4.69) is 15.5 Å². The van der Waals surface area contributed by atoms with Gasteiger partial charge in [-0.15, -0.1) is 11.3 Å². The Bertz CT molecular complexity index is 743. The van der Waals surface area contributed by atoms with Crippen molar-refractivity contribution in [3.8, 4) is 11.5 Å². The third kappa shape index (κ3) is 6.07. The minimum absolute atomic E-state index is 0.0364. The summed E-state index contributed by atoms with van der Waals surface area (Å²) in [5.41, 5.74) is 3.95. The van der Waals surface area contributed by atoms with Gasteiger partial charge in [-0.2, -0.15) is 5.10 Å². The molecule has 0 atom stereocenters. The van der Waals surface area contributed by atoms with Crippen molar-refractivity contribution in [3.05, 3.63) is 34.8 Å². The highest BCUT2D eigenvalue weighted by Crippen LogP contribution is 2.23. The van der Waals surface area contributed by atoms with Crippen LogP contribution in [0.25, 0.3) is 0 Å². The van der Waals surface area contributed by atoms with Crippen LogP contribution in [-0.4, -0.2) is 35.0 Å². The van der Waals surface area contributed by atoms with E-state index in [4.69, 9.17) is 9.47 Å². The number of ether oxygens (including phenoxy) is 2. The number of rotatable bonds is 8. The molecule has 0 aliphatic heterocycles. The lowest BCUT2D eigenvalue weighted by Crippen LogP contribution is -2.07. The molecule has 2 N–H and O–H groups in total. The molecule has 8 heteroatoms. The molecule has 0 amide bonds. The number of aromatic nitrogens is 1. The first-order valence-corrected chi connectivity index (χ1v) is 8.74. The smallest absolute Gasteiger partial charge is 0.311 e. The van der Waals surface area contributed by atoms with Gasteiger partial charge in [0.2, 0.25) is 5.13 Å². The molecule has 0 radical (unpaired) electrons. The first-order valence-electron chi connectivity index (χ1n) is 7.86. The van der Waals surface area contributed by atoms with Gasteiger partial charge in [0.25, 0.3) is 0 Å². The Morgan fingerprint density at radius 1 is 1.48 bits per heavy atom. The Hall–Kier alpha value is -2.61. The number of phenolic OH excluding ortho intramolecular Hbond substituents is 1. The van der Waals surface area contributed by atoms with E-state index in [1.807, 2.05) is 13.8 Å². The van der Waals surface area contributed by atoms with Gasteiger partial charge in [-0.25, -0.2) is 4.98 Å². The minimum Gasteiger partial charge on any atom is -0.507 e. The zero-order chi connectivity index (χ0) is 18.2. The Morgan fingerprint density at radius 3 is 2.96 bits per heavy atom. The number of carbonyl (C=O) groups excluding carboxylic acids is 1. The van der Waals surface area contributed by atoms with Crippen molar-refractivity contribution in [2.45, 2.75) is 33.3 Å². The van der Waals surface area contributed by atoms with Gasteiger partial charge in [0.05, 0.1) is 31.0 Å². The van der Waals surface area contributed by atoms with Gasteiger partial charge >= 0.3 is 5.97 Å². The molecule has 1 aromatic heterocycles. The number of nitrogens with zero attached hydrogens (tertiary/aromatic N) is 2. The highest BCUT2D eigenvalue weighted by molar-refractivity contribution is 7.13. The van der Waals surface area contributed by atoms with Crippen LogP contribution in [-0.2, 0) is 16.0 Å². The Morgan fingerprint density at radius 2 is 2.28 bits per heavy atom. The van der Waals surface area contributed by atoms with Crippen LogP contribution < -0.4 is 10.2 Å². The number of phenols is 1. The van der Waals surface area contributed by atoms with Crippen molar-refractivity contribution in [2.75, 3.05) is 12.0 Å². The first kappa shape index (κ1) is 18.7. The molecule has 0 aliphatic carbocycles. The van der Waals surface area contributed by atoms with Crippen LogP contribution in [0.4, 0.5) is 5.13 Å². The van der Waals surface area contributed by atoms with Crippen molar-refractivity contribution in [2.24, 2.45) is 5.10 Å². The summed E-state index contributed by atoms with van der Waals surface area (Å²) in [6.45, 7) is 5.95. The molecule has 0 spiro atoms. The molecule has 0 saturated carbocycles. The summed E-state index contributed by atoms with van der Waals surface area (Å²) >= 11 is 1.33. The molecule has 1 heterocycles. The minimum atomic E-state index is -0.309. The summed E-state index contributed by atoms with van der Waals surface area (Å²) in [7, 11) is 0. The van der Waals surface area contributed by atoms with Crippen LogP contribution in [0.3, 0.4) is 0 Å². The van der Waals surface area contributed by atoms with Crippen LogP contribution in [0.15, 0.2) is 28.7 Å². The maximum absolute atomic E-state index is 11.4. The zero-order valence-corrected chi connectivity index (χ0v) is 15.2. The number of aromatic hydroxyl groups is 1. The molecule has 2 rings (SSSR count). The second kappa shape index (κ2) is 9.03. The number of hydrazone groups is 1. The van der Waals surface area contributed by atoms with E-state index in [-0.39, 0.29) is 24.2 Å². The number of hydrogen-bond donors (Lipinski definition) is 2. The lowest BCUT2D eigenvalue weighted by Gasteiger charge is -2.10. The molecule has 0 unspecified atom stereocenters. The third-order valence-corrected chi connectivity index (χ3v) is 3.72. The zero-order valence-electron chi connectivity index (χ0n) is 14.4. The summed E-state index contributed by atoms with van der Waals surface area (Å²) in [5.74, 6) is 0.364. The second-order valence-electron chi connectivity index (χ2n) is 5.38.